The average Bonchev–Trinajstić information content (AvgIpc) is 2.88. The fourth-order valence-electron chi connectivity index (χ4n) is 2.88. The Balaban J connectivity index is 1.97. The lowest BCUT2D eigenvalue weighted by Gasteiger charge is -2.15. The molecule has 0 N–H and O–H groups in total. The quantitative estimate of drug-likeness (QED) is 0.580. The van der Waals surface area contributed by atoms with Gasteiger partial charge in [0.05, 0.1) is 12.1 Å². The molecule has 0 bridgehead atoms. The van der Waals surface area contributed by atoms with Crippen LogP contribution in [0, 0.1) is 6.92 Å². The van der Waals surface area contributed by atoms with Crippen molar-refractivity contribution in [2.75, 3.05) is 20.6 Å². The summed E-state index contributed by atoms with van der Waals surface area (Å²) >= 11 is 1.76. The molecule has 0 radical (unpaired) electrons. The van der Waals surface area contributed by atoms with Gasteiger partial charge in [-0.2, -0.15) is 5.10 Å². The highest BCUT2D eigenvalue weighted by atomic mass is 32.2. The second kappa shape index (κ2) is 5.11. The van der Waals surface area contributed by atoms with Crippen LogP contribution in [0.25, 0.3) is 22.2 Å². The van der Waals surface area contributed by atoms with Crippen molar-refractivity contribution >= 4 is 22.7 Å². The van der Waals surface area contributed by atoms with Gasteiger partial charge in [-0.05, 0) is 44.8 Å². The Kier molecular flexibility index (Phi) is 3.20. The second-order valence-electron chi connectivity index (χ2n) is 5.94. The van der Waals surface area contributed by atoms with E-state index in [1.54, 1.807) is 11.8 Å². The van der Waals surface area contributed by atoms with Gasteiger partial charge in [0.25, 0.3) is 0 Å². The van der Waals surface area contributed by atoms with Crippen molar-refractivity contribution in [1.82, 2.24) is 19.7 Å². The molecule has 0 spiro atoms. The van der Waals surface area contributed by atoms with Crippen LogP contribution in [0.1, 0.15) is 5.56 Å². The SMILES string of the molecule is Cc1ccc2c3c(nn2CCN(C)C)-c2cccnc2Sc13. The first-order valence-electron chi connectivity index (χ1n) is 7.43. The monoisotopic (exact) mass is 310 g/mol. The number of nitrogens with zero attached hydrogens (tertiary/aromatic N) is 4. The summed E-state index contributed by atoms with van der Waals surface area (Å²) in [6.45, 7) is 4.04. The number of pyridine rings is 1. The number of fused-ring (bicyclic) bond motifs is 2. The van der Waals surface area contributed by atoms with Gasteiger partial charge in [0.1, 0.15) is 10.7 Å². The van der Waals surface area contributed by atoms with Crippen molar-refractivity contribution in [3.05, 3.63) is 36.0 Å². The molecule has 0 saturated carbocycles. The smallest absolute Gasteiger partial charge is 0.110 e. The van der Waals surface area contributed by atoms with E-state index in [9.17, 15) is 0 Å². The van der Waals surface area contributed by atoms with E-state index in [2.05, 4.69) is 53.8 Å². The third-order valence-electron chi connectivity index (χ3n) is 4.05. The number of benzene rings is 1. The first-order chi connectivity index (χ1) is 10.6. The van der Waals surface area contributed by atoms with E-state index < -0.39 is 0 Å². The van der Waals surface area contributed by atoms with Gasteiger partial charge >= 0.3 is 0 Å². The van der Waals surface area contributed by atoms with Gasteiger partial charge in [0.2, 0.25) is 0 Å². The van der Waals surface area contributed by atoms with Crippen LogP contribution < -0.4 is 0 Å². The highest BCUT2D eigenvalue weighted by Crippen LogP contribution is 2.47. The van der Waals surface area contributed by atoms with E-state index in [0.717, 1.165) is 29.4 Å². The van der Waals surface area contributed by atoms with Crippen LogP contribution in [0.15, 0.2) is 40.4 Å². The third kappa shape index (κ3) is 2.04. The van der Waals surface area contributed by atoms with Gasteiger partial charge < -0.3 is 4.90 Å². The summed E-state index contributed by atoms with van der Waals surface area (Å²) in [7, 11) is 4.19. The van der Waals surface area contributed by atoms with Crippen LogP contribution in [0.2, 0.25) is 0 Å². The Bertz CT molecular complexity index is 866. The summed E-state index contributed by atoms with van der Waals surface area (Å²) in [4.78, 5) is 8.02. The molecule has 0 aliphatic carbocycles. The molecule has 112 valence electrons. The number of likely N-dealkylation sites (N-methyl/N-ethyl adjacent to an activating group) is 1. The zero-order chi connectivity index (χ0) is 15.3. The standard InChI is InChI=1S/C17H18N4S/c1-11-6-7-13-14-15(19-21(13)10-9-20(2)3)12-5-4-8-18-17(12)22-16(11)14/h4-8H,9-10H2,1-3H3. The molecule has 0 unspecified atom stereocenters. The molecule has 2 aromatic heterocycles. The lowest BCUT2D eigenvalue weighted by atomic mass is 10.1. The molecule has 4 nitrogen and oxygen atoms in total. The maximum absolute atomic E-state index is 4.91. The van der Waals surface area contributed by atoms with Crippen LogP contribution in [0.4, 0.5) is 0 Å². The third-order valence-corrected chi connectivity index (χ3v) is 5.30. The van der Waals surface area contributed by atoms with Gasteiger partial charge in [-0.1, -0.05) is 17.8 Å². The number of hydrogen-bond acceptors (Lipinski definition) is 4. The van der Waals surface area contributed by atoms with E-state index in [-0.39, 0.29) is 0 Å². The van der Waals surface area contributed by atoms with Crippen LogP contribution in [-0.4, -0.2) is 40.3 Å². The van der Waals surface area contributed by atoms with Crippen molar-refractivity contribution in [3.8, 4) is 11.3 Å². The van der Waals surface area contributed by atoms with Crippen LogP contribution in [0.3, 0.4) is 0 Å². The normalized spacial score (nSPS) is 12.9. The topological polar surface area (TPSA) is 34.0 Å². The van der Waals surface area contributed by atoms with E-state index in [1.807, 2.05) is 12.3 Å². The second-order valence-corrected chi connectivity index (χ2v) is 6.94. The maximum atomic E-state index is 4.91. The van der Waals surface area contributed by atoms with Crippen molar-refractivity contribution < 1.29 is 0 Å². The Morgan fingerprint density at radius 2 is 2.09 bits per heavy atom. The van der Waals surface area contributed by atoms with E-state index >= 15 is 0 Å². The molecular weight excluding hydrogens is 292 g/mol. The molecule has 1 aromatic carbocycles. The number of aromatic nitrogens is 3. The van der Waals surface area contributed by atoms with Gasteiger partial charge in [0.15, 0.2) is 0 Å². The zero-order valence-corrected chi connectivity index (χ0v) is 13.8. The highest BCUT2D eigenvalue weighted by Gasteiger charge is 2.25. The Labute approximate surface area is 134 Å². The summed E-state index contributed by atoms with van der Waals surface area (Å²) in [6.07, 6.45) is 1.86. The molecule has 3 heterocycles. The van der Waals surface area contributed by atoms with Gasteiger partial charge in [0, 0.05) is 28.6 Å². The predicted octanol–water partition coefficient (Wildman–Crippen LogP) is 3.43. The molecule has 0 atom stereocenters. The van der Waals surface area contributed by atoms with Crippen LogP contribution >= 0.6 is 11.8 Å². The lowest BCUT2D eigenvalue weighted by Crippen LogP contribution is -2.18. The average molecular weight is 310 g/mol. The molecule has 4 rings (SSSR count). The molecule has 3 aromatic rings. The summed E-state index contributed by atoms with van der Waals surface area (Å²) in [5.41, 5.74) is 4.75. The van der Waals surface area contributed by atoms with Gasteiger partial charge in [-0.3, -0.25) is 4.68 Å². The Hall–Kier alpha value is -1.85. The molecule has 5 heteroatoms. The zero-order valence-electron chi connectivity index (χ0n) is 13.0. The van der Waals surface area contributed by atoms with Gasteiger partial charge in [-0.15, -0.1) is 0 Å². The maximum Gasteiger partial charge on any atom is 0.110 e. The predicted molar refractivity (Wildman–Crippen MR) is 90.4 cm³/mol. The van der Waals surface area contributed by atoms with Crippen molar-refractivity contribution in [2.45, 2.75) is 23.4 Å². The van der Waals surface area contributed by atoms with Gasteiger partial charge in [-0.25, -0.2) is 4.98 Å². The summed E-state index contributed by atoms with van der Waals surface area (Å²) in [5, 5.41) is 7.25. The molecule has 0 amide bonds. The van der Waals surface area contributed by atoms with E-state index in [1.165, 1.54) is 21.4 Å². The van der Waals surface area contributed by atoms with Crippen molar-refractivity contribution in [2.24, 2.45) is 0 Å². The molecular formula is C17H18N4S. The largest absolute Gasteiger partial charge is 0.308 e. The fourth-order valence-corrected chi connectivity index (χ4v) is 3.99. The Morgan fingerprint density at radius 1 is 1.23 bits per heavy atom. The van der Waals surface area contributed by atoms with E-state index in [0.29, 0.717) is 0 Å². The van der Waals surface area contributed by atoms with Crippen LogP contribution in [0.5, 0.6) is 0 Å². The number of rotatable bonds is 3. The Morgan fingerprint density at radius 3 is 2.91 bits per heavy atom. The molecule has 1 aliphatic heterocycles. The minimum absolute atomic E-state index is 0.895. The minimum Gasteiger partial charge on any atom is -0.308 e. The molecule has 0 saturated heterocycles. The molecule has 0 fully saturated rings. The highest BCUT2D eigenvalue weighted by molar-refractivity contribution is 7.99. The minimum atomic E-state index is 0.895. The summed E-state index contributed by atoms with van der Waals surface area (Å²) in [5.74, 6) is 0. The first kappa shape index (κ1) is 13.8. The summed E-state index contributed by atoms with van der Waals surface area (Å²) < 4.78 is 2.14. The first-order valence-corrected chi connectivity index (χ1v) is 8.25. The van der Waals surface area contributed by atoms with E-state index in [4.69, 9.17) is 5.10 Å². The number of hydrogen-bond donors (Lipinski definition) is 0. The molecule has 1 aliphatic rings. The molecule has 22 heavy (non-hydrogen) atoms. The lowest BCUT2D eigenvalue weighted by molar-refractivity contribution is 0.377. The van der Waals surface area contributed by atoms with Crippen molar-refractivity contribution in [1.29, 1.82) is 0 Å². The number of aryl methyl sites for hydroxylation is 1. The summed E-state index contributed by atoms with van der Waals surface area (Å²) in [6, 6.07) is 8.50. The fraction of sp³-hybridized carbons (Fsp3) is 0.294. The van der Waals surface area contributed by atoms with Crippen LogP contribution in [-0.2, 0) is 6.54 Å². The van der Waals surface area contributed by atoms with Crippen molar-refractivity contribution in [3.63, 3.8) is 0 Å².